The van der Waals surface area contributed by atoms with Gasteiger partial charge in [0.2, 0.25) is 12.4 Å². The van der Waals surface area contributed by atoms with Gasteiger partial charge in [0.05, 0.1) is 0 Å². The van der Waals surface area contributed by atoms with E-state index in [1.54, 1.807) is 0 Å². The Morgan fingerprint density at radius 2 is 2.15 bits per heavy atom. The molecular weight excluding hydrogens is 181 g/mol. The van der Waals surface area contributed by atoms with E-state index in [9.17, 15) is 13.2 Å². The zero-order chi connectivity index (χ0) is 9.84. The molecule has 72 valence electrons. The van der Waals surface area contributed by atoms with E-state index >= 15 is 0 Å². The number of hydrogen-bond donors (Lipinski definition) is 1. The molecular formula is C8H9F3N2. The zero-order valence-corrected chi connectivity index (χ0v) is 6.75. The van der Waals surface area contributed by atoms with Crippen LogP contribution < -0.4 is 5.73 Å². The maximum absolute atomic E-state index is 12.9. The minimum absolute atomic E-state index is 0.0304. The molecule has 0 aliphatic carbocycles. The third-order valence-electron chi connectivity index (χ3n) is 1.62. The highest BCUT2D eigenvalue weighted by molar-refractivity contribution is 5.15. The summed E-state index contributed by atoms with van der Waals surface area (Å²) < 4.78 is 36.6. The van der Waals surface area contributed by atoms with Crippen molar-refractivity contribution in [2.75, 3.05) is 0 Å². The molecule has 0 spiro atoms. The van der Waals surface area contributed by atoms with Crippen molar-refractivity contribution in [2.24, 2.45) is 5.73 Å². The molecule has 0 radical (unpaired) electrons. The second kappa shape index (κ2) is 4.23. The molecule has 1 rings (SSSR count). The summed E-state index contributed by atoms with van der Waals surface area (Å²) in [6.07, 6.45) is -1.84. The number of pyridine rings is 1. The maximum atomic E-state index is 12.9. The first-order chi connectivity index (χ1) is 6.11. The van der Waals surface area contributed by atoms with E-state index in [0.717, 1.165) is 0 Å². The first-order valence-electron chi connectivity index (χ1n) is 3.75. The van der Waals surface area contributed by atoms with Gasteiger partial charge in [-0.3, -0.25) is 0 Å². The molecule has 13 heavy (non-hydrogen) atoms. The van der Waals surface area contributed by atoms with E-state index in [1.165, 1.54) is 18.3 Å². The Balaban J connectivity index is 2.76. The third-order valence-corrected chi connectivity index (χ3v) is 1.62. The van der Waals surface area contributed by atoms with Crippen LogP contribution >= 0.6 is 0 Å². The molecule has 1 aromatic heterocycles. The Labute approximate surface area is 73.6 Å². The van der Waals surface area contributed by atoms with Crippen molar-refractivity contribution >= 4 is 0 Å². The van der Waals surface area contributed by atoms with Gasteiger partial charge in [-0.25, -0.2) is 13.8 Å². The molecule has 0 fully saturated rings. The van der Waals surface area contributed by atoms with Gasteiger partial charge in [-0.15, -0.1) is 0 Å². The molecule has 2 nitrogen and oxygen atoms in total. The summed E-state index contributed by atoms with van der Waals surface area (Å²) >= 11 is 0. The van der Waals surface area contributed by atoms with E-state index in [4.69, 9.17) is 5.73 Å². The van der Waals surface area contributed by atoms with E-state index in [2.05, 4.69) is 4.98 Å². The molecule has 0 bridgehead atoms. The van der Waals surface area contributed by atoms with Crippen molar-refractivity contribution in [1.29, 1.82) is 0 Å². The van der Waals surface area contributed by atoms with Crippen molar-refractivity contribution in [3.05, 3.63) is 29.8 Å². The first-order valence-corrected chi connectivity index (χ1v) is 3.75. The molecule has 0 amide bonds. The molecule has 1 atom stereocenters. The van der Waals surface area contributed by atoms with Crippen LogP contribution in [0.15, 0.2) is 18.3 Å². The lowest BCUT2D eigenvalue weighted by Gasteiger charge is -2.10. The predicted octanol–water partition coefficient (Wildman–Crippen LogP) is 1.88. The Morgan fingerprint density at radius 1 is 1.46 bits per heavy atom. The van der Waals surface area contributed by atoms with Gasteiger partial charge >= 0.3 is 0 Å². The topological polar surface area (TPSA) is 38.9 Å². The summed E-state index contributed by atoms with van der Waals surface area (Å²) in [6, 6.07) is 1.83. The highest BCUT2D eigenvalue weighted by Gasteiger charge is 2.16. The smallest absolute Gasteiger partial charge is 0.240 e. The van der Waals surface area contributed by atoms with Gasteiger partial charge in [0.15, 0.2) is 0 Å². The van der Waals surface area contributed by atoms with E-state index in [-0.39, 0.29) is 5.56 Å². The average molecular weight is 190 g/mol. The van der Waals surface area contributed by atoms with Crippen LogP contribution in [0.2, 0.25) is 0 Å². The van der Waals surface area contributed by atoms with Crippen molar-refractivity contribution in [3.8, 4) is 0 Å². The Morgan fingerprint density at radius 3 is 2.69 bits per heavy atom. The lowest BCUT2D eigenvalue weighted by molar-refractivity contribution is 0.128. The molecule has 0 aliphatic rings. The van der Waals surface area contributed by atoms with Gasteiger partial charge < -0.3 is 5.73 Å². The SMILES string of the molecule is N[C@H](CC(F)F)c1cccnc1F. The second-order valence-electron chi connectivity index (χ2n) is 2.62. The number of rotatable bonds is 3. The summed E-state index contributed by atoms with van der Waals surface area (Å²) in [5, 5.41) is 0. The van der Waals surface area contributed by atoms with Gasteiger partial charge in [-0.1, -0.05) is 6.07 Å². The Hall–Kier alpha value is -1.10. The highest BCUT2D eigenvalue weighted by atomic mass is 19.3. The van der Waals surface area contributed by atoms with Crippen molar-refractivity contribution in [1.82, 2.24) is 4.98 Å². The Bertz CT molecular complexity index is 278. The summed E-state index contributed by atoms with van der Waals surface area (Å²) in [6.45, 7) is 0. The van der Waals surface area contributed by atoms with Crippen molar-refractivity contribution in [2.45, 2.75) is 18.9 Å². The van der Waals surface area contributed by atoms with Crippen LogP contribution in [0.25, 0.3) is 0 Å². The van der Waals surface area contributed by atoms with Crippen molar-refractivity contribution in [3.63, 3.8) is 0 Å². The highest BCUT2D eigenvalue weighted by Crippen LogP contribution is 2.19. The quantitative estimate of drug-likeness (QED) is 0.739. The normalized spacial score (nSPS) is 13.3. The standard InChI is InChI=1S/C8H9F3N2/c9-7(10)4-6(12)5-2-1-3-13-8(5)11/h1-3,6-7H,4,12H2/t6-/m1/s1. The molecule has 1 aromatic rings. The first kappa shape index (κ1) is 9.98. The van der Waals surface area contributed by atoms with Gasteiger partial charge in [0.25, 0.3) is 0 Å². The second-order valence-corrected chi connectivity index (χ2v) is 2.62. The van der Waals surface area contributed by atoms with Crippen LogP contribution in [-0.2, 0) is 0 Å². The fourth-order valence-electron chi connectivity index (χ4n) is 0.994. The van der Waals surface area contributed by atoms with Crippen LogP contribution in [0.3, 0.4) is 0 Å². The largest absolute Gasteiger partial charge is 0.324 e. The van der Waals surface area contributed by atoms with E-state index in [0.29, 0.717) is 0 Å². The monoisotopic (exact) mass is 190 g/mol. The molecule has 0 aromatic carbocycles. The molecule has 1 heterocycles. The maximum Gasteiger partial charge on any atom is 0.240 e. The fraction of sp³-hybridized carbons (Fsp3) is 0.375. The Kier molecular flexibility index (Phi) is 3.25. The minimum atomic E-state index is -2.53. The molecule has 0 unspecified atom stereocenters. The molecule has 0 saturated carbocycles. The number of halogens is 3. The molecule has 0 saturated heterocycles. The lowest BCUT2D eigenvalue weighted by atomic mass is 10.1. The number of hydrogen-bond acceptors (Lipinski definition) is 2. The molecule has 0 aliphatic heterocycles. The minimum Gasteiger partial charge on any atom is -0.324 e. The molecule has 5 heteroatoms. The summed E-state index contributed by atoms with van der Waals surface area (Å²) in [4.78, 5) is 3.32. The fourth-order valence-corrected chi connectivity index (χ4v) is 0.994. The van der Waals surface area contributed by atoms with Crippen LogP contribution in [0, 0.1) is 5.95 Å². The van der Waals surface area contributed by atoms with Crippen LogP contribution in [0.5, 0.6) is 0 Å². The summed E-state index contributed by atoms with van der Waals surface area (Å²) in [7, 11) is 0. The number of alkyl halides is 2. The number of nitrogens with two attached hydrogens (primary N) is 1. The number of nitrogens with zero attached hydrogens (tertiary/aromatic N) is 1. The van der Waals surface area contributed by atoms with Gasteiger partial charge in [-0.2, -0.15) is 4.39 Å². The van der Waals surface area contributed by atoms with E-state index < -0.39 is 24.8 Å². The summed E-state index contributed by atoms with van der Waals surface area (Å²) in [5.74, 6) is -0.782. The van der Waals surface area contributed by atoms with Gasteiger partial charge in [-0.05, 0) is 6.07 Å². The predicted molar refractivity (Wildman–Crippen MR) is 41.7 cm³/mol. The van der Waals surface area contributed by atoms with Crippen LogP contribution in [0.1, 0.15) is 18.0 Å². The summed E-state index contributed by atoms with van der Waals surface area (Å²) in [5.41, 5.74) is 5.37. The van der Waals surface area contributed by atoms with Gasteiger partial charge in [0.1, 0.15) is 0 Å². The average Bonchev–Trinajstić information content (AvgIpc) is 2.03. The van der Waals surface area contributed by atoms with Crippen LogP contribution in [0.4, 0.5) is 13.2 Å². The van der Waals surface area contributed by atoms with Crippen molar-refractivity contribution < 1.29 is 13.2 Å². The van der Waals surface area contributed by atoms with E-state index in [1.807, 2.05) is 0 Å². The number of aromatic nitrogens is 1. The van der Waals surface area contributed by atoms with Crippen LogP contribution in [-0.4, -0.2) is 11.4 Å². The zero-order valence-electron chi connectivity index (χ0n) is 6.75. The third kappa shape index (κ3) is 2.69. The lowest BCUT2D eigenvalue weighted by Crippen LogP contribution is -2.15. The molecule has 2 N–H and O–H groups in total. The van der Waals surface area contributed by atoms with Gasteiger partial charge in [0, 0.05) is 24.2 Å².